The summed E-state index contributed by atoms with van der Waals surface area (Å²) in [5.41, 5.74) is 0.524. The lowest BCUT2D eigenvalue weighted by Crippen LogP contribution is -2.43. The van der Waals surface area contributed by atoms with Crippen molar-refractivity contribution in [1.29, 1.82) is 0 Å². The Morgan fingerprint density at radius 1 is 1.17 bits per heavy atom. The van der Waals surface area contributed by atoms with Crippen molar-refractivity contribution in [2.24, 2.45) is 5.92 Å². The molecule has 1 amide bonds. The fraction of sp³-hybridized carbons (Fsp3) is 0.350. The van der Waals surface area contributed by atoms with Gasteiger partial charge in [0.1, 0.15) is 5.75 Å². The number of nitrogens with zero attached hydrogens (tertiary/aromatic N) is 1. The van der Waals surface area contributed by atoms with Gasteiger partial charge in [0.2, 0.25) is 15.9 Å². The van der Waals surface area contributed by atoms with Crippen molar-refractivity contribution in [3.63, 3.8) is 0 Å². The maximum absolute atomic E-state index is 13.0. The number of halogens is 2. The van der Waals surface area contributed by atoms with Crippen LogP contribution in [0.2, 0.25) is 10.0 Å². The van der Waals surface area contributed by atoms with Crippen molar-refractivity contribution in [3.8, 4) is 5.75 Å². The number of sulfonamides is 1. The molecule has 1 aliphatic heterocycles. The van der Waals surface area contributed by atoms with Crippen molar-refractivity contribution in [1.82, 2.24) is 4.31 Å². The Hall–Kier alpha value is -1.80. The third kappa shape index (κ3) is 5.22. The topological polar surface area (TPSA) is 75.7 Å². The minimum Gasteiger partial charge on any atom is -0.494 e. The van der Waals surface area contributed by atoms with Crippen LogP contribution in [0.25, 0.3) is 0 Å². The molecule has 0 aliphatic carbocycles. The first kappa shape index (κ1) is 21.9. The van der Waals surface area contributed by atoms with E-state index < -0.39 is 15.9 Å². The van der Waals surface area contributed by atoms with Crippen LogP contribution in [0.15, 0.2) is 47.4 Å². The van der Waals surface area contributed by atoms with Gasteiger partial charge in [-0.25, -0.2) is 8.42 Å². The van der Waals surface area contributed by atoms with Gasteiger partial charge in [0, 0.05) is 18.8 Å². The van der Waals surface area contributed by atoms with E-state index in [1.807, 2.05) is 6.92 Å². The summed E-state index contributed by atoms with van der Waals surface area (Å²) in [7, 11) is -3.69. The molecular formula is C20H22Cl2N2O4S. The van der Waals surface area contributed by atoms with Gasteiger partial charge < -0.3 is 10.1 Å². The lowest BCUT2D eigenvalue weighted by atomic mass is 9.99. The molecule has 1 atom stereocenters. The van der Waals surface area contributed by atoms with Crippen LogP contribution in [0.1, 0.15) is 19.8 Å². The molecule has 2 aromatic carbocycles. The van der Waals surface area contributed by atoms with Gasteiger partial charge >= 0.3 is 0 Å². The Bertz CT molecular complexity index is 980. The number of anilines is 1. The highest BCUT2D eigenvalue weighted by atomic mass is 35.5. The number of hydrogen-bond acceptors (Lipinski definition) is 4. The zero-order valence-corrected chi connectivity index (χ0v) is 18.2. The zero-order valence-electron chi connectivity index (χ0n) is 15.9. The maximum Gasteiger partial charge on any atom is 0.243 e. The monoisotopic (exact) mass is 456 g/mol. The summed E-state index contributed by atoms with van der Waals surface area (Å²) in [5, 5.41) is 3.53. The molecule has 1 heterocycles. The number of rotatable bonds is 6. The first-order chi connectivity index (χ1) is 13.8. The van der Waals surface area contributed by atoms with Crippen LogP contribution in [-0.4, -0.2) is 38.3 Å². The van der Waals surface area contributed by atoms with Crippen LogP contribution in [0.4, 0.5) is 5.69 Å². The standard InChI is InChI=1S/C20H22Cl2N2O4S/c1-2-28-16-6-8-17(9-7-16)29(26,27)24-11-3-4-14(13-24)20(25)23-15-5-10-18(21)19(22)12-15/h5-10,12,14H,2-4,11,13H2,1H3,(H,23,25)/t14-/m0/s1. The normalized spacial score (nSPS) is 17.7. The molecule has 0 bridgehead atoms. The summed E-state index contributed by atoms with van der Waals surface area (Å²) in [4.78, 5) is 12.9. The second kappa shape index (κ2) is 9.34. The highest BCUT2D eigenvalue weighted by molar-refractivity contribution is 7.89. The quantitative estimate of drug-likeness (QED) is 0.697. The molecule has 156 valence electrons. The number of carbonyl (C=O) groups excluding carboxylic acids is 1. The number of ether oxygens (including phenoxy) is 1. The van der Waals surface area contributed by atoms with Crippen molar-refractivity contribution < 1.29 is 17.9 Å². The van der Waals surface area contributed by atoms with Crippen molar-refractivity contribution in [2.45, 2.75) is 24.7 Å². The van der Waals surface area contributed by atoms with Crippen molar-refractivity contribution >= 4 is 44.8 Å². The predicted molar refractivity (Wildman–Crippen MR) is 114 cm³/mol. The molecule has 0 spiro atoms. The Labute approximate surface area is 180 Å². The molecule has 2 aromatic rings. The van der Waals surface area contributed by atoms with E-state index in [-0.39, 0.29) is 17.3 Å². The van der Waals surface area contributed by atoms with E-state index in [9.17, 15) is 13.2 Å². The summed E-state index contributed by atoms with van der Waals surface area (Å²) in [5.74, 6) is -0.0744. The zero-order chi connectivity index (χ0) is 21.0. The van der Waals surface area contributed by atoms with Crippen LogP contribution < -0.4 is 10.1 Å². The van der Waals surface area contributed by atoms with E-state index in [4.69, 9.17) is 27.9 Å². The fourth-order valence-electron chi connectivity index (χ4n) is 3.22. The molecule has 1 aliphatic rings. The summed E-state index contributed by atoms with van der Waals surface area (Å²) < 4.78 is 32.7. The average Bonchev–Trinajstić information content (AvgIpc) is 2.71. The average molecular weight is 457 g/mol. The maximum atomic E-state index is 13.0. The first-order valence-corrected chi connectivity index (χ1v) is 11.5. The molecule has 0 radical (unpaired) electrons. The summed E-state index contributed by atoms with van der Waals surface area (Å²) in [6.45, 7) is 2.88. The molecular weight excluding hydrogens is 435 g/mol. The molecule has 0 aromatic heterocycles. The molecule has 0 saturated carbocycles. The van der Waals surface area contributed by atoms with Gasteiger partial charge in [-0.3, -0.25) is 4.79 Å². The van der Waals surface area contributed by atoms with Gasteiger partial charge in [0.05, 0.1) is 27.5 Å². The van der Waals surface area contributed by atoms with Gasteiger partial charge in [-0.1, -0.05) is 23.2 Å². The Morgan fingerprint density at radius 3 is 2.55 bits per heavy atom. The third-order valence-electron chi connectivity index (χ3n) is 4.71. The third-order valence-corrected chi connectivity index (χ3v) is 7.33. The van der Waals surface area contributed by atoms with Gasteiger partial charge in [0.15, 0.2) is 0 Å². The number of amides is 1. The molecule has 29 heavy (non-hydrogen) atoms. The molecule has 1 N–H and O–H groups in total. The van der Waals surface area contributed by atoms with E-state index in [1.165, 1.54) is 16.4 Å². The number of hydrogen-bond donors (Lipinski definition) is 1. The summed E-state index contributed by atoms with van der Waals surface area (Å²) in [6, 6.07) is 11.1. The van der Waals surface area contributed by atoms with Crippen molar-refractivity contribution in [3.05, 3.63) is 52.5 Å². The Kier molecular flexibility index (Phi) is 7.05. The molecule has 1 saturated heterocycles. The lowest BCUT2D eigenvalue weighted by Gasteiger charge is -2.31. The van der Waals surface area contributed by atoms with E-state index in [2.05, 4.69) is 5.32 Å². The van der Waals surface area contributed by atoms with Crippen molar-refractivity contribution in [2.75, 3.05) is 25.0 Å². The van der Waals surface area contributed by atoms with Gasteiger partial charge in [-0.05, 0) is 62.2 Å². The summed E-state index contributed by atoms with van der Waals surface area (Å²) >= 11 is 11.9. The van der Waals surface area contributed by atoms with Gasteiger partial charge in [-0.2, -0.15) is 4.31 Å². The first-order valence-electron chi connectivity index (χ1n) is 9.30. The molecule has 1 fully saturated rings. The lowest BCUT2D eigenvalue weighted by molar-refractivity contribution is -0.120. The Morgan fingerprint density at radius 2 is 1.90 bits per heavy atom. The van der Waals surface area contributed by atoms with E-state index >= 15 is 0 Å². The highest BCUT2D eigenvalue weighted by Crippen LogP contribution is 2.28. The second-order valence-electron chi connectivity index (χ2n) is 6.72. The molecule has 9 heteroatoms. The Balaban J connectivity index is 1.70. The number of piperidine rings is 1. The smallest absolute Gasteiger partial charge is 0.243 e. The molecule has 3 rings (SSSR count). The van der Waals surface area contributed by atoms with Crippen LogP contribution in [0.5, 0.6) is 5.75 Å². The van der Waals surface area contributed by atoms with Gasteiger partial charge in [0.25, 0.3) is 0 Å². The van der Waals surface area contributed by atoms with Crippen LogP contribution >= 0.6 is 23.2 Å². The van der Waals surface area contributed by atoms with Crippen LogP contribution in [0.3, 0.4) is 0 Å². The number of nitrogens with one attached hydrogen (secondary N) is 1. The fourth-order valence-corrected chi connectivity index (χ4v) is 5.04. The van der Waals surface area contributed by atoms with Gasteiger partial charge in [-0.15, -0.1) is 0 Å². The largest absolute Gasteiger partial charge is 0.494 e. The van der Waals surface area contributed by atoms with E-state index in [0.717, 1.165) is 0 Å². The molecule has 6 nitrogen and oxygen atoms in total. The predicted octanol–water partition coefficient (Wildman–Crippen LogP) is 4.43. The summed E-state index contributed by atoms with van der Waals surface area (Å²) in [6.07, 6.45) is 1.22. The number of carbonyl (C=O) groups is 1. The SMILES string of the molecule is CCOc1ccc(S(=O)(=O)N2CCC[C@H](C(=O)Nc3ccc(Cl)c(Cl)c3)C2)cc1. The van der Waals surface area contributed by atoms with E-state index in [1.54, 1.807) is 30.3 Å². The minimum atomic E-state index is -3.69. The van der Waals surface area contributed by atoms with Crippen LogP contribution in [0, 0.1) is 5.92 Å². The minimum absolute atomic E-state index is 0.128. The second-order valence-corrected chi connectivity index (χ2v) is 9.48. The molecule has 0 unspecified atom stereocenters. The van der Waals surface area contributed by atoms with Crippen LogP contribution in [-0.2, 0) is 14.8 Å². The number of benzene rings is 2. The van der Waals surface area contributed by atoms with E-state index in [0.29, 0.717) is 47.5 Å². The highest BCUT2D eigenvalue weighted by Gasteiger charge is 2.33.